The maximum absolute atomic E-state index is 4.86. The lowest BCUT2D eigenvalue weighted by atomic mass is 9.86. The molecule has 6 rings (SSSR count). The van der Waals surface area contributed by atoms with Crippen LogP contribution in [0.1, 0.15) is 36.8 Å². The van der Waals surface area contributed by atoms with E-state index in [1.807, 2.05) is 58.2 Å². The van der Waals surface area contributed by atoms with Gasteiger partial charge >= 0.3 is 0 Å². The van der Waals surface area contributed by atoms with Gasteiger partial charge in [0.15, 0.2) is 0 Å². The highest BCUT2D eigenvalue weighted by Crippen LogP contribution is 2.34. The molecular formula is C34H30N4. The van der Waals surface area contributed by atoms with Crippen LogP contribution in [-0.2, 0) is 0 Å². The minimum Gasteiger partial charge on any atom is -0.240 e. The van der Waals surface area contributed by atoms with E-state index in [1.165, 1.54) is 11.1 Å². The molecule has 4 nitrogen and oxygen atoms in total. The number of benzene rings is 4. The number of nitrogens with zero attached hydrogens (tertiary/aromatic N) is 4. The fourth-order valence-electron chi connectivity index (χ4n) is 5.05. The maximum Gasteiger partial charge on any atom is 0.0927 e. The van der Waals surface area contributed by atoms with E-state index in [-0.39, 0.29) is 0 Å². The fourth-order valence-corrected chi connectivity index (χ4v) is 5.05. The second-order valence-electron chi connectivity index (χ2n) is 9.55. The smallest absolute Gasteiger partial charge is 0.0927 e. The van der Waals surface area contributed by atoms with Crippen LogP contribution in [0.3, 0.4) is 0 Å². The molecule has 2 aromatic heterocycles. The summed E-state index contributed by atoms with van der Waals surface area (Å²) in [6.07, 6.45) is 6.23. The third-order valence-corrected chi connectivity index (χ3v) is 6.97. The summed E-state index contributed by atoms with van der Waals surface area (Å²) in [7, 11) is 0. The van der Waals surface area contributed by atoms with Crippen molar-refractivity contribution in [3.8, 4) is 33.9 Å². The van der Waals surface area contributed by atoms with Gasteiger partial charge in [-0.2, -0.15) is 10.2 Å². The van der Waals surface area contributed by atoms with Gasteiger partial charge in [-0.1, -0.05) is 86.1 Å². The van der Waals surface area contributed by atoms with Crippen molar-refractivity contribution in [3.05, 3.63) is 145 Å². The number of para-hydroxylation sites is 2. The summed E-state index contributed by atoms with van der Waals surface area (Å²) in [5.74, 6) is 0.298. The SMILES string of the molecule is CCCC(c1cccc(-c2ccn(-c3ccccc3)n2)c1)c1cccc(-c2ccn(-c3ccccc3)n2)c1. The van der Waals surface area contributed by atoms with Crippen LogP contribution in [-0.4, -0.2) is 19.6 Å². The summed E-state index contributed by atoms with van der Waals surface area (Å²) in [5, 5.41) is 9.71. The topological polar surface area (TPSA) is 35.6 Å². The van der Waals surface area contributed by atoms with Crippen LogP contribution < -0.4 is 0 Å². The van der Waals surface area contributed by atoms with Gasteiger partial charge in [-0.15, -0.1) is 0 Å². The largest absolute Gasteiger partial charge is 0.240 e. The van der Waals surface area contributed by atoms with E-state index in [1.54, 1.807) is 0 Å². The van der Waals surface area contributed by atoms with Gasteiger partial charge in [-0.05, 0) is 66.1 Å². The second-order valence-corrected chi connectivity index (χ2v) is 9.55. The molecule has 0 saturated carbocycles. The molecule has 0 aliphatic heterocycles. The molecule has 4 aromatic carbocycles. The van der Waals surface area contributed by atoms with E-state index in [2.05, 4.69) is 91.9 Å². The van der Waals surface area contributed by atoms with Crippen LogP contribution in [0.4, 0.5) is 0 Å². The lowest BCUT2D eigenvalue weighted by Crippen LogP contribution is -2.02. The Morgan fingerprint density at radius 3 is 1.47 bits per heavy atom. The van der Waals surface area contributed by atoms with Crippen LogP contribution in [0.25, 0.3) is 33.9 Å². The average molecular weight is 495 g/mol. The summed E-state index contributed by atoms with van der Waals surface area (Å²) in [6, 6.07) is 42.3. The van der Waals surface area contributed by atoms with Gasteiger partial charge in [0.1, 0.15) is 0 Å². The summed E-state index contributed by atoms with van der Waals surface area (Å²) >= 11 is 0. The summed E-state index contributed by atoms with van der Waals surface area (Å²) in [5.41, 5.74) is 8.97. The van der Waals surface area contributed by atoms with Crippen molar-refractivity contribution < 1.29 is 0 Å². The Kier molecular flexibility index (Phi) is 6.69. The van der Waals surface area contributed by atoms with Crippen molar-refractivity contribution in [1.29, 1.82) is 0 Å². The lowest BCUT2D eigenvalue weighted by Gasteiger charge is -2.19. The van der Waals surface area contributed by atoms with Crippen molar-refractivity contribution in [2.24, 2.45) is 0 Å². The van der Waals surface area contributed by atoms with Crippen LogP contribution >= 0.6 is 0 Å². The van der Waals surface area contributed by atoms with Gasteiger partial charge in [0.25, 0.3) is 0 Å². The van der Waals surface area contributed by atoms with Crippen LogP contribution in [0.15, 0.2) is 134 Å². The van der Waals surface area contributed by atoms with E-state index >= 15 is 0 Å². The number of aromatic nitrogens is 4. The summed E-state index contributed by atoms with van der Waals surface area (Å²) in [6.45, 7) is 2.25. The van der Waals surface area contributed by atoms with Crippen molar-refractivity contribution >= 4 is 0 Å². The number of rotatable bonds is 8. The highest BCUT2D eigenvalue weighted by atomic mass is 15.3. The molecule has 6 aromatic rings. The quantitative estimate of drug-likeness (QED) is 0.213. The fraction of sp³-hybridized carbons (Fsp3) is 0.118. The molecule has 0 bridgehead atoms. The Bertz CT molecular complexity index is 1510. The van der Waals surface area contributed by atoms with Crippen molar-refractivity contribution in [2.45, 2.75) is 25.7 Å². The van der Waals surface area contributed by atoms with Gasteiger partial charge in [-0.3, -0.25) is 0 Å². The average Bonchev–Trinajstić information content (AvgIpc) is 3.68. The predicted molar refractivity (Wildman–Crippen MR) is 155 cm³/mol. The first kappa shape index (κ1) is 23.7. The second kappa shape index (κ2) is 10.7. The molecule has 0 spiro atoms. The van der Waals surface area contributed by atoms with Gasteiger partial charge in [0, 0.05) is 29.4 Å². The molecule has 0 fully saturated rings. The summed E-state index contributed by atoms with van der Waals surface area (Å²) in [4.78, 5) is 0. The van der Waals surface area contributed by atoms with Crippen molar-refractivity contribution in [1.82, 2.24) is 19.6 Å². The monoisotopic (exact) mass is 494 g/mol. The zero-order valence-electron chi connectivity index (χ0n) is 21.5. The van der Waals surface area contributed by atoms with Gasteiger partial charge in [0.2, 0.25) is 0 Å². The Balaban J connectivity index is 1.30. The van der Waals surface area contributed by atoms with Gasteiger partial charge in [0.05, 0.1) is 22.8 Å². The molecule has 186 valence electrons. The molecule has 0 aliphatic carbocycles. The lowest BCUT2D eigenvalue weighted by molar-refractivity contribution is 0.698. The molecule has 0 N–H and O–H groups in total. The molecule has 0 radical (unpaired) electrons. The highest BCUT2D eigenvalue weighted by molar-refractivity contribution is 5.63. The molecule has 38 heavy (non-hydrogen) atoms. The van der Waals surface area contributed by atoms with Gasteiger partial charge in [-0.25, -0.2) is 9.36 Å². The Morgan fingerprint density at radius 1 is 0.553 bits per heavy atom. The van der Waals surface area contributed by atoms with E-state index in [0.717, 1.165) is 46.7 Å². The van der Waals surface area contributed by atoms with Crippen molar-refractivity contribution in [2.75, 3.05) is 0 Å². The molecule has 2 heterocycles. The molecule has 0 saturated heterocycles. The molecule has 4 heteroatoms. The van der Waals surface area contributed by atoms with E-state index in [9.17, 15) is 0 Å². The standard InChI is InChI=1S/C34H30N4/c1-2-11-32(26-12-9-14-28(24-26)33-20-22-37(35-33)30-16-5-3-6-17-30)27-13-10-15-29(25-27)34-21-23-38(36-34)31-18-7-4-8-19-31/h3-10,12-25,32H,2,11H2,1H3. The molecule has 0 atom stereocenters. The minimum absolute atomic E-state index is 0.298. The van der Waals surface area contributed by atoms with Crippen LogP contribution in [0.5, 0.6) is 0 Å². The highest BCUT2D eigenvalue weighted by Gasteiger charge is 2.16. The van der Waals surface area contributed by atoms with E-state index in [4.69, 9.17) is 10.2 Å². The zero-order valence-corrected chi connectivity index (χ0v) is 21.5. The number of hydrogen-bond acceptors (Lipinski definition) is 2. The Hall–Kier alpha value is -4.70. The molecule has 0 amide bonds. The molecule has 0 unspecified atom stereocenters. The van der Waals surface area contributed by atoms with E-state index in [0.29, 0.717) is 5.92 Å². The summed E-state index contributed by atoms with van der Waals surface area (Å²) < 4.78 is 3.87. The zero-order chi connectivity index (χ0) is 25.7. The molecule has 0 aliphatic rings. The number of hydrogen-bond donors (Lipinski definition) is 0. The maximum atomic E-state index is 4.86. The third kappa shape index (κ3) is 4.94. The van der Waals surface area contributed by atoms with Crippen LogP contribution in [0.2, 0.25) is 0 Å². The van der Waals surface area contributed by atoms with Gasteiger partial charge < -0.3 is 0 Å². The first-order chi connectivity index (χ1) is 18.8. The Labute approximate surface area is 223 Å². The predicted octanol–water partition coefficient (Wildman–Crippen LogP) is 8.32. The Morgan fingerprint density at radius 2 is 1.03 bits per heavy atom. The first-order valence-electron chi connectivity index (χ1n) is 13.2. The van der Waals surface area contributed by atoms with Crippen LogP contribution in [0, 0.1) is 0 Å². The van der Waals surface area contributed by atoms with E-state index < -0.39 is 0 Å². The van der Waals surface area contributed by atoms with Crippen molar-refractivity contribution in [3.63, 3.8) is 0 Å². The molecular weight excluding hydrogens is 464 g/mol. The minimum atomic E-state index is 0.298. The third-order valence-electron chi connectivity index (χ3n) is 6.97. The first-order valence-corrected chi connectivity index (χ1v) is 13.2. The normalized spacial score (nSPS) is 11.2.